The first-order valence-corrected chi connectivity index (χ1v) is 20.7. The molecule has 2 saturated heterocycles. The number of sulfonamides is 1. The minimum absolute atomic E-state index is 0.0183. The lowest BCUT2D eigenvalue weighted by molar-refractivity contribution is -0.384. The number of aromatic amines is 1. The number of carbonyl (C=O) groups is 1. The van der Waals surface area contributed by atoms with Gasteiger partial charge in [0.25, 0.3) is 15.9 Å². The van der Waals surface area contributed by atoms with Crippen LogP contribution in [0.4, 0.5) is 17.3 Å². The number of nitrogens with one attached hydrogen (secondary N) is 3. The summed E-state index contributed by atoms with van der Waals surface area (Å²) in [5.74, 6) is 1.02. The Labute approximate surface area is 319 Å². The normalized spacial score (nSPS) is 21.9. The number of hydrogen-bond donors (Lipinski definition) is 3. The third-order valence-corrected chi connectivity index (χ3v) is 13.3. The number of anilines is 2. The lowest BCUT2D eigenvalue weighted by Gasteiger charge is -2.56. The van der Waals surface area contributed by atoms with E-state index in [1.54, 1.807) is 18.3 Å². The van der Waals surface area contributed by atoms with E-state index < -0.39 is 31.4 Å². The number of pyridine rings is 3. The Morgan fingerprint density at radius 1 is 1.04 bits per heavy atom. The summed E-state index contributed by atoms with van der Waals surface area (Å²) >= 11 is 0. The number of hydrogen-bond acceptors (Lipinski definition) is 13. The molecule has 2 aliphatic carbocycles. The maximum absolute atomic E-state index is 13.8. The van der Waals surface area contributed by atoms with Crippen LogP contribution in [0.3, 0.4) is 0 Å². The fourth-order valence-corrected chi connectivity index (χ4v) is 9.51. The lowest BCUT2D eigenvalue weighted by Crippen LogP contribution is -2.57. The topological polar surface area (TPSA) is 198 Å². The van der Waals surface area contributed by atoms with Gasteiger partial charge in [0, 0.05) is 68.7 Å². The number of nitrogens with zero attached hydrogens (tertiary/aromatic N) is 6. The van der Waals surface area contributed by atoms with Gasteiger partial charge in [-0.15, -0.1) is 0 Å². The molecule has 8 rings (SSSR count). The minimum atomic E-state index is -4.60. The van der Waals surface area contributed by atoms with Crippen LogP contribution in [-0.2, 0) is 14.8 Å². The molecule has 0 atom stereocenters. The van der Waals surface area contributed by atoms with Gasteiger partial charge in [0.05, 0.1) is 30.5 Å². The second-order valence-electron chi connectivity index (χ2n) is 15.7. The van der Waals surface area contributed by atoms with E-state index in [1.807, 2.05) is 6.07 Å². The number of H-pyrrole nitrogens is 1. The number of fused-ring (bicyclic) bond motifs is 1. The summed E-state index contributed by atoms with van der Waals surface area (Å²) in [4.78, 5) is 45.4. The van der Waals surface area contributed by atoms with Crippen LogP contribution in [0.1, 0.15) is 68.6 Å². The highest BCUT2D eigenvalue weighted by Crippen LogP contribution is 2.51. The highest BCUT2D eigenvalue weighted by atomic mass is 32.2. The van der Waals surface area contributed by atoms with Crippen LogP contribution >= 0.6 is 0 Å². The number of nitro groups is 1. The fraction of sp³-hybridized carbons (Fsp3) is 0.526. The average molecular weight is 774 g/mol. The van der Waals surface area contributed by atoms with Crippen molar-refractivity contribution >= 4 is 44.3 Å². The maximum Gasteiger partial charge on any atom is 0.312 e. The summed E-state index contributed by atoms with van der Waals surface area (Å²) < 4.78 is 40.9. The highest BCUT2D eigenvalue weighted by Gasteiger charge is 2.48. The first-order valence-electron chi connectivity index (χ1n) is 19.2. The molecule has 0 unspecified atom stereocenters. The van der Waals surface area contributed by atoms with Crippen molar-refractivity contribution in [3.63, 3.8) is 0 Å². The Morgan fingerprint density at radius 3 is 2.55 bits per heavy atom. The summed E-state index contributed by atoms with van der Waals surface area (Å²) in [7, 11) is -4.60. The van der Waals surface area contributed by atoms with Crippen molar-refractivity contribution in [1.29, 1.82) is 0 Å². The third-order valence-electron chi connectivity index (χ3n) is 12.0. The summed E-state index contributed by atoms with van der Waals surface area (Å²) in [6, 6.07) is 6.78. The van der Waals surface area contributed by atoms with Gasteiger partial charge in [0.2, 0.25) is 5.82 Å². The largest absolute Gasteiger partial charge is 0.455 e. The molecule has 17 heteroatoms. The third kappa shape index (κ3) is 8.09. The molecule has 4 aromatic rings. The Hall–Kier alpha value is -4.87. The number of carbonyl (C=O) groups excluding carboxylic acids is 1. The monoisotopic (exact) mass is 773 g/mol. The van der Waals surface area contributed by atoms with Crippen molar-refractivity contribution in [3.8, 4) is 11.5 Å². The zero-order valence-corrected chi connectivity index (χ0v) is 31.7. The van der Waals surface area contributed by atoms with Gasteiger partial charge in [-0.2, -0.15) is 0 Å². The summed E-state index contributed by atoms with van der Waals surface area (Å²) in [5.41, 5.74) is 0.346. The zero-order valence-electron chi connectivity index (χ0n) is 30.9. The number of amides is 1. The SMILES string of the molecule is C[C@H]1CC[C@@H](CNc2ncc(S(=O)(=O)NC(=O)c3cnc(N4CCC5(CC4)CC(N4CCOCC4)C5)cc3Oc3cnc4[nH]ccc4c3)cc2[N+](=O)[O-])CC1. The van der Waals surface area contributed by atoms with Crippen molar-refractivity contribution in [2.45, 2.75) is 69.2 Å². The van der Waals surface area contributed by atoms with Crippen LogP contribution in [0.2, 0.25) is 0 Å². The molecule has 4 fully saturated rings. The summed E-state index contributed by atoms with van der Waals surface area (Å²) in [5, 5.41) is 15.9. The van der Waals surface area contributed by atoms with Crippen LogP contribution < -0.4 is 19.7 Å². The molecular formula is C38H47N9O7S. The molecule has 16 nitrogen and oxygen atoms in total. The Morgan fingerprint density at radius 2 is 1.80 bits per heavy atom. The van der Waals surface area contributed by atoms with Crippen LogP contribution in [0.25, 0.3) is 11.0 Å². The Balaban J connectivity index is 0.991. The second kappa shape index (κ2) is 15.3. The van der Waals surface area contributed by atoms with Crippen molar-refractivity contribution in [3.05, 3.63) is 64.7 Å². The molecule has 0 bridgehead atoms. The molecule has 1 spiro atoms. The average Bonchev–Trinajstić information content (AvgIpc) is 3.65. The van der Waals surface area contributed by atoms with Gasteiger partial charge in [-0.05, 0) is 67.9 Å². The van der Waals surface area contributed by atoms with Gasteiger partial charge in [-0.3, -0.25) is 19.8 Å². The van der Waals surface area contributed by atoms with Crippen LogP contribution in [0.15, 0.2) is 53.9 Å². The van der Waals surface area contributed by atoms with E-state index in [2.05, 4.69) is 46.7 Å². The summed E-state index contributed by atoms with van der Waals surface area (Å²) in [6.45, 7) is 7.87. The molecule has 2 saturated carbocycles. The lowest BCUT2D eigenvalue weighted by atomic mass is 9.60. The van der Waals surface area contributed by atoms with Crippen molar-refractivity contribution in [1.82, 2.24) is 29.6 Å². The van der Waals surface area contributed by atoms with Gasteiger partial charge < -0.3 is 24.7 Å². The van der Waals surface area contributed by atoms with Gasteiger partial charge in [-0.1, -0.05) is 19.8 Å². The minimum Gasteiger partial charge on any atom is -0.455 e. The van der Waals surface area contributed by atoms with E-state index in [0.717, 1.165) is 95.6 Å². The van der Waals surface area contributed by atoms with Gasteiger partial charge in [0.1, 0.15) is 33.4 Å². The zero-order chi connectivity index (χ0) is 38.2. The molecule has 3 N–H and O–H groups in total. The van der Waals surface area contributed by atoms with Crippen LogP contribution in [0, 0.1) is 27.4 Å². The molecule has 55 heavy (non-hydrogen) atoms. The van der Waals surface area contributed by atoms with Crippen molar-refractivity contribution in [2.24, 2.45) is 17.3 Å². The predicted octanol–water partition coefficient (Wildman–Crippen LogP) is 5.49. The number of aromatic nitrogens is 4. The Bertz CT molecular complexity index is 2150. The first-order chi connectivity index (χ1) is 26.5. The van der Waals surface area contributed by atoms with Crippen LogP contribution in [0.5, 0.6) is 11.5 Å². The van der Waals surface area contributed by atoms with Crippen molar-refractivity contribution < 1.29 is 27.6 Å². The van der Waals surface area contributed by atoms with E-state index in [0.29, 0.717) is 47.1 Å². The molecule has 6 heterocycles. The Kier molecular flexibility index (Phi) is 10.3. The molecule has 292 valence electrons. The predicted molar refractivity (Wildman–Crippen MR) is 205 cm³/mol. The van der Waals surface area contributed by atoms with E-state index >= 15 is 0 Å². The molecule has 0 radical (unpaired) electrons. The van der Waals surface area contributed by atoms with Crippen molar-refractivity contribution in [2.75, 3.05) is 56.2 Å². The number of piperidine rings is 1. The van der Waals surface area contributed by atoms with E-state index in [9.17, 15) is 23.3 Å². The fourth-order valence-electron chi connectivity index (χ4n) is 8.58. The number of morpholine rings is 1. The summed E-state index contributed by atoms with van der Waals surface area (Å²) in [6.07, 6.45) is 14.2. The smallest absolute Gasteiger partial charge is 0.312 e. The maximum atomic E-state index is 13.8. The molecule has 0 aromatic carbocycles. The van der Waals surface area contributed by atoms with E-state index in [-0.39, 0.29) is 17.1 Å². The molecule has 1 amide bonds. The number of ether oxygens (including phenoxy) is 2. The second-order valence-corrected chi connectivity index (χ2v) is 17.3. The van der Waals surface area contributed by atoms with Gasteiger partial charge in [-0.25, -0.2) is 28.1 Å². The quantitative estimate of drug-likeness (QED) is 0.128. The van der Waals surface area contributed by atoms with E-state index in [1.165, 1.54) is 25.2 Å². The number of rotatable bonds is 11. The highest BCUT2D eigenvalue weighted by molar-refractivity contribution is 7.90. The standard InChI is InChI=1S/C38H47N9O7S/c1-25-2-4-26(5-3-25)21-41-36-32(47(49)50)17-30(23-43-36)55(51,52)44-37(48)31-24-40-34(18-33(31)54-29-16-27-6-9-39-35(27)42-22-29)46-10-7-38(8-11-46)19-28(20-38)45-12-14-53-15-13-45/h6,9,16-18,22-26,28H,2-5,7-8,10-15,19-21H2,1H3,(H,39,42)(H,41,43)(H,44,48)/t25-,26+. The molecular weight excluding hydrogens is 727 g/mol. The molecule has 4 aliphatic rings. The molecule has 2 aliphatic heterocycles. The van der Waals surface area contributed by atoms with Gasteiger partial charge in [0.15, 0.2) is 0 Å². The molecule has 4 aromatic heterocycles. The first kappa shape index (κ1) is 37.1. The van der Waals surface area contributed by atoms with Gasteiger partial charge >= 0.3 is 5.69 Å². The van der Waals surface area contributed by atoms with Crippen LogP contribution in [-0.4, -0.2) is 96.1 Å². The van der Waals surface area contributed by atoms with E-state index in [4.69, 9.17) is 9.47 Å².